The minimum absolute atomic E-state index is 0.0826. The van der Waals surface area contributed by atoms with Gasteiger partial charge in [0.1, 0.15) is 5.82 Å². The summed E-state index contributed by atoms with van der Waals surface area (Å²) in [6.45, 7) is 1.51. The molecule has 2 heterocycles. The number of likely N-dealkylation sites (tertiary alicyclic amines) is 1. The van der Waals surface area contributed by atoms with Crippen LogP contribution < -0.4 is 5.73 Å². The third-order valence-electron chi connectivity index (χ3n) is 3.28. The number of pyridine rings is 1. The Labute approximate surface area is 111 Å². The number of piperidine rings is 1. The molecule has 0 aliphatic carbocycles. The molecule has 18 heavy (non-hydrogen) atoms. The summed E-state index contributed by atoms with van der Waals surface area (Å²) < 4.78 is 0. The predicted molar refractivity (Wildman–Crippen MR) is 69.4 cm³/mol. The Morgan fingerprint density at radius 1 is 1.56 bits per heavy atom. The lowest BCUT2D eigenvalue weighted by Crippen LogP contribution is -2.39. The van der Waals surface area contributed by atoms with Gasteiger partial charge in [0.2, 0.25) is 0 Å². The zero-order valence-electron chi connectivity index (χ0n) is 9.97. The molecular weight excluding hydrogens is 254 g/mol. The topological polar surface area (TPSA) is 79.5 Å². The number of nitrogen functional groups attached to an aromatic ring is 1. The van der Waals surface area contributed by atoms with Crippen molar-refractivity contribution in [3.05, 3.63) is 22.8 Å². The van der Waals surface area contributed by atoms with Crippen LogP contribution in [0.5, 0.6) is 0 Å². The lowest BCUT2D eigenvalue weighted by molar-refractivity contribution is 0.0650. The first kappa shape index (κ1) is 13.1. The molecule has 0 radical (unpaired) electrons. The van der Waals surface area contributed by atoms with E-state index in [1.54, 1.807) is 11.0 Å². The lowest BCUT2D eigenvalue weighted by atomic mass is 9.97. The van der Waals surface area contributed by atoms with Crippen molar-refractivity contribution >= 4 is 23.3 Å². The zero-order valence-corrected chi connectivity index (χ0v) is 10.7. The second-order valence-corrected chi connectivity index (χ2v) is 4.92. The molecule has 1 aliphatic rings. The summed E-state index contributed by atoms with van der Waals surface area (Å²) in [6, 6.07) is 1.55. The summed E-state index contributed by atoms with van der Waals surface area (Å²) in [4.78, 5) is 17.8. The van der Waals surface area contributed by atoms with Gasteiger partial charge in [-0.05, 0) is 24.8 Å². The van der Waals surface area contributed by atoms with E-state index in [0.717, 1.165) is 12.8 Å². The second kappa shape index (κ2) is 5.54. The molecule has 0 aromatic carbocycles. The van der Waals surface area contributed by atoms with Gasteiger partial charge >= 0.3 is 0 Å². The van der Waals surface area contributed by atoms with Crippen LogP contribution in [0.25, 0.3) is 0 Å². The van der Waals surface area contributed by atoms with Gasteiger partial charge in [-0.15, -0.1) is 0 Å². The fraction of sp³-hybridized carbons (Fsp3) is 0.500. The first-order valence-electron chi connectivity index (χ1n) is 5.93. The van der Waals surface area contributed by atoms with Crippen molar-refractivity contribution in [3.63, 3.8) is 0 Å². The van der Waals surface area contributed by atoms with Gasteiger partial charge < -0.3 is 15.7 Å². The fourth-order valence-electron chi connectivity index (χ4n) is 2.07. The molecule has 1 aromatic heterocycles. The maximum atomic E-state index is 12.2. The largest absolute Gasteiger partial charge is 0.396 e. The maximum absolute atomic E-state index is 12.2. The summed E-state index contributed by atoms with van der Waals surface area (Å²) in [5.74, 6) is 0.454. The van der Waals surface area contributed by atoms with Gasteiger partial charge in [0.15, 0.2) is 0 Å². The molecule has 0 atom stereocenters. The highest BCUT2D eigenvalue weighted by molar-refractivity contribution is 6.33. The van der Waals surface area contributed by atoms with Crippen molar-refractivity contribution in [2.75, 3.05) is 25.4 Å². The van der Waals surface area contributed by atoms with Gasteiger partial charge in [-0.3, -0.25) is 4.79 Å². The number of carbonyl (C=O) groups excluding carboxylic acids is 1. The molecule has 0 unspecified atom stereocenters. The second-order valence-electron chi connectivity index (χ2n) is 4.51. The number of hydrogen-bond acceptors (Lipinski definition) is 4. The fourth-order valence-corrected chi connectivity index (χ4v) is 2.23. The Bertz CT molecular complexity index is 445. The summed E-state index contributed by atoms with van der Waals surface area (Å²) in [6.07, 6.45) is 3.11. The van der Waals surface area contributed by atoms with E-state index < -0.39 is 0 Å². The van der Waals surface area contributed by atoms with Crippen LogP contribution in [0.3, 0.4) is 0 Å². The Morgan fingerprint density at radius 2 is 2.22 bits per heavy atom. The third kappa shape index (κ3) is 2.73. The maximum Gasteiger partial charge on any atom is 0.255 e. The average Bonchev–Trinajstić information content (AvgIpc) is 2.41. The van der Waals surface area contributed by atoms with E-state index in [1.807, 2.05) is 0 Å². The number of halogens is 1. The molecule has 1 amide bonds. The number of carbonyl (C=O) groups is 1. The Balaban J connectivity index is 2.05. The number of anilines is 1. The Morgan fingerprint density at radius 3 is 2.78 bits per heavy atom. The monoisotopic (exact) mass is 269 g/mol. The van der Waals surface area contributed by atoms with Crippen LogP contribution in [0.15, 0.2) is 12.3 Å². The van der Waals surface area contributed by atoms with Gasteiger partial charge in [0.25, 0.3) is 5.91 Å². The van der Waals surface area contributed by atoms with E-state index in [2.05, 4.69) is 4.98 Å². The van der Waals surface area contributed by atoms with Gasteiger partial charge in [-0.25, -0.2) is 4.98 Å². The van der Waals surface area contributed by atoms with Crippen molar-refractivity contribution in [2.45, 2.75) is 12.8 Å². The molecule has 6 heteroatoms. The molecule has 0 spiro atoms. The number of aliphatic hydroxyl groups is 1. The number of rotatable bonds is 2. The Hall–Kier alpha value is -1.33. The summed E-state index contributed by atoms with van der Waals surface area (Å²) in [5.41, 5.74) is 5.96. The molecular formula is C12H16ClN3O2. The normalized spacial score (nSPS) is 16.9. The highest BCUT2D eigenvalue weighted by Crippen LogP contribution is 2.21. The molecule has 0 bridgehead atoms. The molecule has 0 saturated carbocycles. The van der Waals surface area contributed by atoms with Crippen LogP contribution in [0, 0.1) is 5.92 Å². The molecule has 1 aliphatic heterocycles. The van der Waals surface area contributed by atoms with Gasteiger partial charge in [-0.2, -0.15) is 0 Å². The van der Waals surface area contributed by atoms with E-state index >= 15 is 0 Å². The third-order valence-corrected chi connectivity index (χ3v) is 3.58. The zero-order chi connectivity index (χ0) is 13.1. The van der Waals surface area contributed by atoms with E-state index in [4.69, 9.17) is 22.4 Å². The first-order valence-corrected chi connectivity index (χ1v) is 6.30. The number of aliphatic hydroxyl groups excluding tert-OH is 1. The Kier molecular flexibility index (Phi) is 4.04. The van der Waals surface area contributed by atoms with Crippen molar-refractivity contribution in [1.82, 2.24) is 9.88 Å². The summed E-state index contributed by atoms with van der Waals surface area (Å²) in [5, 5.41) is 9.35. The minimum atomic E-state index is -0.0826. The van der Waals surface area contributed by atoms with Gasteiger partial charge in [0, 0.05) is 25.9 Å². The van der Waals surface area contributed by atoms with Crippen LogP contribution >= 0.6 is 11.6 Å². The minimum Gasteiger partial charge on any atom is -0.396 e. The van der Waals surface area contributed by atoms with E-state index in [9.17, 15) is 4.79 Å². The molecule has 1 fully saturated rings. The van der Waals surface area contributed by atoms with Crippen LogP contribution in [0.4, 0.5) is 5.82 Å². The molecule has 1 saturated heterocycles. The van der Waals surface area contributed by atoms with Crippen molar-refractivity contribution in [2.24, 2.45) is 5.92 Å². The number of hydrogen-bond donors (Lipinski definition) is 2. The van der Waals surface area contributed by atoms with E-state index in [-0.39, 0.29) is 18.3 Å². The molecule has 5 nitrogen and oxygen atoms in total. The number of nitrogens with zero attached hydrogens (tertiary/aromatic N) is 2. The summed E-state index contributed by atoms with van der Waals surface area (Å²) >= 11 is 5.85. The van der Waals surface area contributed by atoms with Crippen molar-refractivity contribution in [3.8, 4) is 0 Å². The number of nitrogens with two attached hydrogens (primary N) is 1. The smallest absolute Gasteiger partial charge is 0.255 e. The van der Waals surface area contributed by atoms with Crippen LogP contribution in [0.2, 0.25) is 5.02 Å². The first-order chi connectivity index (χ1) is 8.61. The van der Waals surface area contributed by atoms with Gasteiger partial charge in [0.05, 0.1) is 10.6 Å². The molecule has 98 valence electrons. The van der Waals surface area contributed by atoms with Crippen LogP contribution in [-0.2, 0) is 0 Å². The van der Waals surface area contributed by atoms with Crippen LogP contribution in [-0.4, -0.2) is 40.6 Å². The molecule has 1 aromatic rings. The van der Waals surface area contributed by atoms with Gasteiger partial charge in [-0.1, -0.05) is 11.6 Å². The number of amides is 1. The highest BCUT2D eigenvalue weighted by Gasteiger charge is 2.23. The predicted octanol–water partition coefficient (Wildman–Crippen LogP) is 1.16. The lowest BCUT2D eigenvalue weighted by Gasteiger charge is -2.31. The molecule has 2 rings (SSSR count). The standard InChI is InChI=1S/C12H16ClN3O2/c13-10-5-9(6-15-11(10)14)12(18)16-3-1-8(7-17)2-4-16/h5-6,8,17H,1-4,7H2,(H2,14,15). The highest BCUT2D eigenvalue weighted by atomic mass is 35.5. The number of aromatic nitrogens is 1. The van der Waals surface area contributed by atoms with E-state index in [0.29, 0.717) is 29.6 Å². The quantitative estimate of drug-likeness (QED) is 0.844. The van der Waals surface area contributed by atoms with Crippen molar-refractivity contribution < 1.29 is 9.90 Å². The molecule has 3 N–H and O–H groups in total. The van der Waals surface area contributed by atoms with Crippen molar-refractivity contribution in [1.29, 1.82) is 0 Å². The van der Waals surface area contributed by atoms with Crippen LogP contribution in [0.1, 0.15) is 23.2 Å². The summed E-state index contributed by atoms with van der Waals surface area (Å²) in [7, 11) is 0. The average molecular weight is 270 g/mol. The SMILES string of the molecule is Nc1ncc(C(=O)N2CCC(CO)CC2)cc1Cl. The van der Waals surface area contributed by atoms with E-state index in [1.165, 1.54) is 6.20 Å².